The first-order valence-electron chi connectivity index (χ1n) is 8.36. The number of rotatable bonds is 8. The van der Waals surface area contributed by atoms with E-state index in [0.29, 0.717) is 36.1 Å². The maximum absolute atomic E-state index is 11.7. The fourth-order valence-corrected chi connectivity index (χ4v) is 3.19. The van der Waals surface area contributed by atoms with Crippen LogP contribution in [-0.4, -0.2) is 46.2 Å². The van der Waals surface area contributed by atoms with Gasteiger partial charge in [0.2, 0.25) is 5.91 Å². The Labute approximate surface area is 150 Å². The second kappa shape index (κ2) is 10.0. The number of hydrogen-bond acceptors (Lipinski definition) is 4. The molecule has 0 radical (unpaired) electrons. The Morgan fingerprint density at radius 1 is 1.16 bits per heavy atom. The summed E-state index contributed by atoms with van der Waals surface area (Å²) in [5.74, 6) is 0.458. The van der Waals surface area contributed by atoms with Crippen LogP contribution < -0.4 is 16.0 Å². The smallest absolute Gasteiger partial charge is 0.239 e. The number of hydrogen-bond donors (Lipinski definition) is 3. The fraction of sp³-hybridized carbons (Fsp3) is 0.529. The van der Waals surface area contributed by atoms with Gasteiger partial charge in [0.15, 0.2) is 15.8 Å². The third kappa shape index (κ3) is 7.55. The van der Waals surface area contributed by atoms with Gasteiger partial charge in [-0.05, 0) is 37.5 Å². The zero-order chi connectivity index (χ0) is 18.9. The van der Waals surface area contributed by atoms with Crippen LogP contribution in [-0.2, 0) is 21.2 Å². The molecule has 0 saturated heterocycles. The third-order valence-electron chi connectivity index (χ3n) is 3.39. The van der Waals surface area contributed by atoms with Gasteiger partial charge in [-0.1, -0.05) is 19.1 Å². The Kier molecular flexibility index (Phi) is 8.40. The second-order valence-corrected chi connectivity index (χ2v) is 7.75. The van der Waals surface area contributed by atoms with Gasteiger partial charge in [0.25, 0.3) is 0 Å². The molecule has 25 heavy (non-hydrogen) atoms. The molecule has 0 unspecified atom stereocenters. The Hall–Kier alpha value is -2.09. The minimum Gasteiger partial charge on any atom is -0.357 e. The van der Waals surface area contributed by atoms with Gasteiger partial charge < -0.3 is 16.0 Å². The predicted octanol–water partition coefficient (Wildman–Crippen LogP) is 0.980. The van der Waals surface area contributed by atoms with E-state index in [-0.39, 0.29) is 12.5 Å². The van der Waals surface area contributed by atoms with Gasteiger partial charge in [-0.25, -0.2) is 13.4 Å². The Morgan fingerprint density at radius 3 is 2.44 bits per heavy atom. The fourth-order valence-electron chi connectivity index (χ4n) is 2.23. The molecule has 0 aliphatic carbocycles. The average Bonchev–Trinajstić information content (AvgIpc) is 2.54. The van der Waals surface area contributed by atoms with E-state index in [1.54, 1.807) is 19.1 Å². The predicted molar refractivity (Wildman–Crippen MR) is 100 cm³/mol. The van der Waals surface area contributed by atoms with Crippen LogP contribution in [0.5, 0.6) is 0 Å². The minimum absolute atomic E-state index is 0.0826. The summed E-state index contributed by atoms with van der Waals surface area (Å²) in [5.41, 5.74) is 1.60. The van der Waals surface area contributed by atoms with Crippen molar-refractivity contribution < 1.29 is 13.2 Å². The lowest BCUT2D eigenvalue weighted by Crippen LogP contribution is -2.43. The van der Waals surface area contributed by atoms with E-state index < -0.39 is 9.84 Å². The van der Waals surface area contributed by atoms with Crippen LogP contribution in [0, 0.1) is 6.92 Å². The topological polar surface area (TPSA) is 99.7 Å². The summed E-state index contributed by atoms with van der Waals surface area (Å²) in [4.78, 5) is 16.4. The van der Waals surface area contributed by atoms with Crippen molar-refractivity contribution in [1.82, 2.24) is 16.0 Å². The number of amides is 1. The maximum Gasteiger partial charge on any atom is 0.239 e. The van der Waals surface area contributed by atoms with Gasteiger partial charge in [0.05, 0.1) is 18.0 Å². The standard InChI is InChI=1S/C17H28N4O3S/c1-5-9-19-16(22)12-21-17(18-6-2)20-11-14-7-8-15(13(3)10-14)25(4,23)24/h7-8,10H,5-6,9,11-12H2,1-4H3,(H,19,22)(H2,18,20,21). The van der Waals surface area contributed by atoms with Gasteiger partial charge >= 0.3 is 0 Å². The lowest BCUT2D eigenvalue weighted by molar-refractivity contribution is -0.120. The van der Waals surface area contributed by atoms with Gasteiger partial charge in [0, 0.05) is 19.3 Å². The summed E-state index contributed by atoms with van der Waals surface area (Å²) in [7, 11) is -3.22. The zero-order valence-electron chi connectivity index (χ0n) is 15.3. The number of carbonyl (C=O) groups is 1. The van der Waals surface area contributed by atoms with Gasteiger partial charge in [-0.2, -0.15) is 0 Å². The van der Waals surface area contributed by atoms with E-state index in [9.17, 15) is 13.2 Å². The Balaban J connectivity index is 2.74. The zero-order valence-corrected chi connectivity index (χ0v) is 16.2. The number of aryl methyl sites for hydroxylation is 1. The molecule has 0 aliphatic rings. The molecule has 0 aromatic heterocycles. The minimum atomic E-state index is -3.22. The summed E-state index contributed by atoms with van der Waals surface area (Å²) < 4.78 is 23.3. The maximum atomic E-state index is 11.7. The van der Waals surface area contributed by atoms with Crippen molar-refractivity contribution in [3.05, 3.63) is 29.3 Å². The van der Waals surface area contributed by atoms with Gasteiger partial charge in [-0.15, -0.1) is 0 Å². The van der Waals surface area contributed by atoms with Crippen molar-refractivity contribution in [2.24, 2.45) is 4.99 Å². The van der Waals surface area contributed by atoms with Crippen molar-refractivity contribution in [3.63, 3.8) is 0 Å². The molecular weight excluding hydrogens is 340 g/mol. The van der Waals surface area contributed by atoms with Crippen molar-refractivity contribution >= 4 is 21.7 Å². The van der Waals surface area contributed by atoms with Crippen molar-refractivity contribution in [2.75, 3.05) is 25.9 Å². The van der Waals surface area contributed by atoms with Crippen molar-refractivity contribution in [2.45, 2.75) is 38.6 Å². The van der Waals surface area contributed by atoms with E-state index >= 15 is 0 Å². The number of nitrogens with zero attached hydrogens (tertiary/aromatic N) is 1. The van der Waals surface area contributed by atoms with Gasteiger partial charge in [0.1, 0.15) is 0 Å². The van der Waals surface area contributed by atoms with Crippen LogP contribution in [0.3, 0.4) is 0 Å². The van der Waals surface area contributed by atoms with Gasteiger partial charge in [-0.3, -0.25) is 4.79 Å². The molecule has 1 aromatic carbocycles. The average molecular weight is 369 g/mol. The van der Waals surface area contributed by atoms with E-state index in [1.165, 1.54) is 6.26 Å². The van der Waals surface area contributed by atoms with Crippen LogP contribution in [0.1, 0.15) is 31.4 Å². The summed E-state index contributed by atoms with van der Waals surface area (Å²) >= 11 is 0. The third-order valence-corrected chi connectivity index (χ3v) is 4.65. The number of sulfone groups is 1. The molecule has 0 bridgehead atoms. The highest BCUT2D eigenvalue weighted by Crippen LogP contribution is 2.17. The number of guanidine groups is 1. The highest BCUT2D eigenvalue weighted by molar-refractivity contribution is 7.90. The van der Waals surface area contributed by atoms with Crippen LogP contribution in [0.25, 0.3) is 0 Å². The normalized spacial score (nSPS) is 11.9. The van der Waals surface area contributed by atoms with E-state index in [1.807, 2.05) is 19.9 Å². The highest BCUT2D eigenvalue weighted by atomic mass is 32.2. The second-order valence-electron chi connectivity index (χ2n) is 5.77. The molecule has 0 aliphatic heterocycles. The molecule has 0 atom stereocenters. The molecule has 1 aromatic rings. The number of carbonyl (C=O) groups excluding carboxylic acids is 1. The molecule has 0 saturated carbocycles. The Bertz CT molecular complexity index is 715. The summed E-state index contributed by atoms with van der Waals surface area (Å²) in [6.45, 7) is 7.57. The molecule has 1 rings (SSSR count). The quantitative estimate of drug-likeness (QED) is 0.469. The first-order valence-corrected chi connectivity index (χ1v) is 10.3. The molecule has 8 heteroatoms. The lowest BCUT2D eigenvalue weighted by atomic mass is 10.1. The van der Waals surface area contributed by atoms with E-state index in [4.69, 9.17) is 0 Å². The van der Waals surface area contributed by atoms with Crippen LogP contribution >= 0.6 is 0 Å². The number of benzene rings is 1. The largest absolute Gasteiger partial charge is 0.357 e. The monoisotopic (exact) mass is 368 g/mol. The lowest BCUT2D eigenvalue weighted by Gasteiger charge is -2.12. The molecule has 0 heterocycles. The summed E-state index contributed by atoms with van der Waals surface area (Å²) in [6.07, 6.45) is 2.09. The van der Waals surface area contributed by atoms with Crippen LogP contribution in [0.2, 0.25) is 0 Å². The number of nitrogens with one attached hydrogen (secondary N) is 3. The summed E-state index contributed by atoms with van der Waals surface area (Å²) in [5, 5.41) is 8.85. The van der Waals surface area contributed by atoms with Crippen molar-refractivity contribution in [3.8, 4) is 0 Å². The molecule has 0 spiro atoms. The van der Waals surface area contributed by atoms with Crippen LogP contribution in [0.15, 0.2) is 28.1 Å². The number of aliphatic imine (C=N–C) groups is 1. The SMILES string of the molecule is CCCNC(=O)CNC(=NCc1ccc(S(C)(=O)=O)c(C)c1)NCC. The van der Waals surface area contributed by atoms with E-state index in [2.05, 4.69) is 20.9 Å². The first kappa shape index (κ1) is 21.0. The summed E-state index contributed by atoms with van der Waals surface area (Å²) in [6, 6.07) is 5.18. The van der Waals surface area contributed by atoms with Crippen LogP contribution in [0.4, 0.5) is 0 Å². The molecule has 7 nitrogen and oxygen atoms in total. The van der Waals surface area contributed by atoms with E-state index in [0.717, 1.165) is 12.0 Å². The molecule has 0 fully saturated rings. The molecule has 3 N–H and O–H groups in total. The molecule has 140 valence electrons. The Morgan fingerprint density at radius 2 is 1.88 bits per heavy atom. The molecular formula is C17H28N4O3S. The van der Waals surface area contributed by atoms with Crippen molar-refractivity contribution in [1.29, 1.82) is 0 Å². The first-order chi connectivity index (χ1) is 11.8. The molecule has 1 amide bonds. The highest BCUT2D eigenvalue weighted by Gasteiger charge is 2.10.